The van der Waals surface area contributed by atoms with Gasteiger partial charge in [-0.05, 0) is 50.8 Å². The van der Waals surface area contributed by atoms with Gasteiger partial charge in [-0.3, -0.25) is 0 Å². The van der Waals surface area contributed by atoms with E-state index in [4.69, 9.17) is 33.2 Å². The number of aliphatic hydroxyl groups is 1. The van der Waals surface area contributed by atoms with E-state index in [2.05, 4.69) is 0 Å². The molecule has 1 aliphatic heterocycles. The number of methoxy groups -OCH3 is 4. The third-order valence-corrected chi connectivity index (χ3v) is 7.33. The number of carbonyl (C=O) groups is 1. The number of hydrogen-bond acceptors (Lipinski definition) is 9. The van der Waals surface area contributed by atoms with Gasteiger partial charge >= 0.3 is 5.97 Å². The molecule has 3 atom stereocenters. The van der Waals surface area contributed by atoms with Crippen molar-refractivity contribution >= 4 is 5.97 Å². The van der Waals surface area contributed by atoms with Crippen molar-refractivity contribution in [3.8, 4) is 45.6 Å². The van der Waals surface area contributed by atoms with Crippen LogP contribution in [0.1, 0.15) is 44.9 Å². The Morgan fingerprint density at radius 1 is 1.03 bits per heavy atom. The lowest BCUT2D eigenvalue weighted by Crippen LogP contribution is -2.44. The minimum Gasteiger partial charge on any atom is -0.493 e. The molecule has 1 heterocycles. The number of ether oxygens (including phenoxy) is 7. The van der Waals surface area contributed by atoms with E-state index in [0.717, 1.165) is 5.56 Å². The third kappa shape index (κ3) is 4.21. The summed E-state index contributed by atoms with van der Waals surface area (Å²) in [6.07, 6.45) is 0.998. The monoisotopic (exact) mass is 514 g/mol. The molecule has 4 rings (SSSR count). The van der Waals surface area contributed by atoms with E-state index in [1.54, 1.807) is 40.0 Å². The van der Waals surface area contributed by atoms with Crippen LogP contribution in [-0.2, 0) is 16.0 Å². The molecule has 2 aromatic rings. The van der Waals surface area contributed by atoms with Gasteiger partial charge in [-0.1, -0.05) is 13.0 Å². The molecule has 0 unspecified atom stereocenters. The SMILES string of the molecule is C/C=C(\C)C(=O)O[C@@H]1c2cc(OC)c(OC)c(OC)c2-c2c(cc3c(c2OC)OCO3)C[C@@H](C)[C@@]1(C)O. The number of rotatable bonds is 6. The lowest BCUT2D eigenvalue weighted by atomic mass is 9.73. The summed E-state index contributed by atoms with van der Waals surface area (Å²) >= 11 is 0. The smallest absolute Gasteiger partial charge is 0.334 e. The maximum atomic E-state index is 13.0. The van der Waals surface area contributed by atoms with Crippen LogP contribution >= 0.6 is 0 Å². The fourth-order valence-corrected chi connectivity index (χ4v) is 4.94. The van der Waals surface area contributed by atoms with Crippen molar-refractivity contribution in [1.82, 2.24) is 0 Å². The van der Waals surface area contributed by atoms with E-state index in [-0.39, 0.29) is 12.7 Å². The summed E-state index contributed by atoms with van der Waals surface area (Å²) < 4.78 is 40.6. The van der Waals surface area contributed by atoms with Gasteiger partial charge in [-0.15, -0.1) is 0 Å². The highest BCUT2D eigenvalue weighted by Gasteiger charge is 2.47. The van der Waals surface area contributed by atoms with Crippen LogP contribution in [0.4, 0.5) is 0 Å². The zero-order valence-corrected chi connectivity index (χ0v) is 22.5. The molecule has 0 amide bonds. The summed E-state index contributed by atoms with van der Waals surface area (Å²) in [7, 11) is 6.08. The molecule has 200 valence electrons. The third-order valence-electron chi connectivity index (χ3n) is 7.33. The highest BCUT2D eigenvalue weighted by Crippen LogP contribution is 2.59. The molecule has 1 N–H and O–H groups in total. The van der Waals surface area contributed by atoms with Crippen molar-refractivity contribution in [2.75, 3.05) is 35.2 Å². The normalized spacial score (nSPS) is 22.2. The van der Waals surface area contributed by atoms with Gasteiger partial charge in [0.15, 0.2) is 29.1 Å². The largest absolute Gasteiger partial charge is 0.493 e. The Balaban J connectivity index is 2.17. The molecular weight excluding hydrogens is 480 g/mol. The zero-order valence-electron chi connectivity index (χ0n) is 22.5. The number of fused-ring (bicyclic) bond motifs is 4. The Labute approximate surface area is 216 Å². The van der Waals surface area contributed by atoms with Crippen LogP contribution in [0.5, 0.6) is 34.5 Å². The van der Waals surface area contributed by atoms with Crippen LogP contribution in [-0.4, -0.2) is 51.9 Å². The summed E-state index contributed by atoms with van der Waals surface area (Å²) in [6.45, 7) is 7.05. The molecule has 0 saturated heterocycles. The average molecular weight is 515 g/mol. The van der Waals surface area contributed by atoms with Gasteiger partial charge in [0, 0.05) is 22.3 Å². The van der Waals surface area contributed by atoms with Crippen molar-refractivity contribution in [2.24, 2.45) is 5.92 Å². The quantitative estimate of drug-likeness (QED) is 0.437. The Kier molecular flexibility index (Phi) is 7.19. The van der Waals surface area contributed by atoms with E-state index >= 15 is 0 Å². The number of carbonyl (C=O) groups excluding carboxylic acids is 1. The van der Waals surface area contributed by atoms with Crippen LogP contribution in [0, 0.1) is 5.92 Å². The maximum absolute atomic E-state index is 13.0. The first-order chi connectivity index (χ1) is 17.6. The molecule has 0 radical (unpaired) electrons. The number of allylic oxidation sites excluding steroid dienone is 1. The van der Waals surface area contributed by atoms with E-state index < -0.39 is 17.7 Å². The minimum atomic E-state index is -1.48. The van der Waals surface area contributed by atoms with Crippen LogP contribution < -0.4 is 28.4 Å². The molecule has 37 heavy (non-hydrogen) atoms. The van der Waals surface area contributed by atoms with Gasteiger partial charge < -0.3 is 38.3 Å². The van der Waals surface area contributed by atoms with Gasteiger partial charge in [-0.2, -0.15) is 0 Å². The van der Waals surface area contributed by atoms with Crippen LogP contribution in [0.2, 0.25) is 0 Å². The predicted molar refractivity (Wildman–Crippen MR) is 136 cm³/mol. The summed E-state index contributed by atoms with van der Waals surface area (Å²) in [4.78, 5) is 13.0. The average Bonchev–Trinajstić information content (AvgIpc) is 3.36. The first kappa shape index (κ1) is 26.5. The first-order valence-electron chi connectivity index (χ1n) is 12.0. The Morgan fingerprint density at radius 2 is 1.70 bits per heavy atom. The highest BCUT2D eigenvalue weighted by molar-refractivity contribution is 5.90. The van der Waals surface area contributed by atoms with Crippen molar-refractivity contribution < 1.29 is 43.1 Å². The van der Waals surface area contributed by atoms with Crippen LogP contribution in [0.15, 0.2) is 23.8 Å². The summed E-state index contributed by atoms with van der Waals surface area (Å²) in [5.74, 6) is 1.60. The van der Waals surface area contributed by atoms with Crippen molar-refractivity contribution in [2.45, 2.75) is 45.8 Å². The molecule has 0 aromatic heterocycles. The molecule has 0 bridgehead atoms. The molecule has 1 aliphatic carbocycles. The maximum Gasteiger partial charge on any atom is 0.334 e. The summed E-state index contributed by atoms with van der Waals surface area (Å²) in [5.41, 5.74) is 1.46. The van der Waals surface area contributed by atoms with Crippen LogP contribution in [0.25, 0.3) is 11.1 Å². The standard InChI is InChI=1S/C28H34O9/c1-9-14(2)27(29)37-26-17-12-18(31-5)22(32-6)25(34-8)21(17)20-16(10-15(3)28(26,4)30)11-19-23(24(20)33-7)36-13-35-19/h9,11-12,15,26,30H,10,13H2,1-8H3/b14-9+/t15-,26-,28-/m1/s1. The fraction of sp³-hybridized carbons (Fsp3) is 0.464. The lowest BCUT2D eigenvalue weighted by Gasteiger charge is -2.41. The minimum absolute atomic E-state index is 0.0562. The van der Waals surface area contributed by atoms with Crippen molar-refractivity contribution in [3.05, 3.63) is 34.9 Å². The van der Waals surface area contributed by atoms with Gasteiger partial charge in [-0.25, -0.2) is 4.79 Å². The molecule has 9 nitrogen and oxygen atoms in total. The van der Waals surface area contributed by atoms with E-state index in [1.165, 1.54) is 21.3 Å². The second-order valence-corrected chi connectivity index (χ2v) is 9.38. The Hall–Kier alpha value is -3.59. The Morgan fingerprint density at radius 3 is 2.30 bits per heavy atom. The molecule has 2 aliphatic rings. The first-order valence-corrected chi connectivity index (χ1v) is 12.0. The van der Waals surface area contributed by atoms with E-state index in [1.807, 2.05) is 13.0 Å². The molecular formula is C28H34O9. The van der Waals surface area contributed by atoms with Gasteiger partial charge in [0.05, 0.1) is 28.4 Å². The predicted octanol–water partition coefficient (Wildman–Crippen LogP) is 4.61. The highest BCUT2D eigenvalue weighted by atomic mass is 16.7. The Bertz CT molecular complexity index is 1250. The number of hydrogen-bond donors (Lipinski definition) is 1. The summed E-state index contributed by atoms with van der Waals surface area (Å²) in [6, 6.07) is 3.60. The molecule has 2 aromatic carbocycles. The van der Waals surface area contributed by atoms with Crippen molar-refractivity contribution in [3.63, 3.8) is 0 Å². The van der Waals surface area contributed by atoms with Gasteiger partial charge in [0.2, 0.25) is 18.3 Å². The van der Waals surface area contributed by atoms with Crippen LogP contribution in [0.3, 0.4) is 0 Å². The second kappa shape index (κ2) is 10.0. The second-order valence-electron chi connectivity index (χ2n) is 9.38. The molecule has 0 spiro atoms. The summed E-state index contributed by atoms with van der Waals surface area (Å²) in [5, 5.41) is 12.0. The molecule has 9 heteroatoms. The fourth-order valence-electron chi connectivity index (χ4n) is 4.94. The number of esters is 1. The van der Waals surface area contributed by atoms with Gasteiger partial charge in [0.25, 0.3) is 0 Å². The zero-order chi connectivity index (χ0) is 27.1. The number of benzene rings is 2. The topological polar surface area (TPSA) is 102 Å². The molecule has 0 fully saturated rings. The van der Waals surface area contributed by atoms with E-state index in [0.29, 0.717) is 63.2 Å². The van der Waals surface area contributed by atoms with E-state index in [9.17, 15) is 9.90 Å². The lowest BCUT2D eigenvalue weighted by molar-refractivity contribution is -0.166. The molecule has 0 saturated carbocycles. The van der Waals surface area contributed by atoms with Crippen molar-refractivity contribution in [1.29, 1.82) is 0 Å². The van der Waals surface area contributed by atoms with Gasteiger partial charge in [0.1, 0.15) is 5.60 Å².